The lowest BCUT2D eigenvalue weighted by Crippen LogP contribution is -2.45. The van der Waals surface area contributed by atoms with Gasteiger partial charge in [0.25, 0.3) is 0 Å². The number of amides is 1. The normalized spacial score (nSPS) is 13.6. The number of unbranched alkanes of at least 4 members (excludes halogenated alkanes) is 29. The second-order valence-corrected chi connectivity index (χ2v) is 19.3. The molecule has 2 unspecified atom stereocenters. The molecule has 2 atom stereocenters. The monoisotopic (exact) mass is 942 g/mol. The molecule has 0 aliphatic rings. The fourth-order valence-corrected chi connectivity index (χ4v) is 8.37. The first kappa shape index (κ1) is 65.0. The van der Waals surface area contributed by atoms with E-state index in [1.54, 1.807) is 6.08 Å². The average Bonchev–Trinajstić information content (AvgIpc) is 3.34. The van der Waals surface area contributed by atoms with Crippen LogP contribution in [0.15, 0.2) is 109 Å². The fraction of sp³-hybridized carbons (Fsp3) is 0.703. The Balaban J connectivity index is 3.62. The molecule has 0 aliphatic carbocycles. The summed E-state index contributed by atoms with van der Waals surface area (Å²) in [4.78, 5) is 12.5. The van der Waals surface area contributed by atoms with Crippen molar-refractivity contribution in [1.29, 1.82) is 0 Å². The van der Waals surface area contributed by atoms with Crippen molar-refractivity contribution < 1.29 is 15.0 Å². The fourth-order valence-electron chi connectivity index (χ4n) is 8.37. The Kier molecular flexibility index (Phi) is 55.8. The molecule has 4 nitrogen and oxygen atoms in total. The first-order valence-corrected chi connectivity index (χ1v) is 29.1. The molecule has 68 heavy (non-hydrogen) atoms. The van der Waals surface area contributed by atoms with E-state index in [1.165, 1.54) is 154 Å². The number of aliphatic hydroxyl groups excluding tert-OH is 2. The van der Waals surface area contributed by atoms with E-state index in [1.807, 2.05) is 6.08 Å². The van der Waals surface area contributed by atoms with Crippen LogP contribution in [0.2, 0.25) is 0 Å². The first-order valence-electron chi connectivity index (χ1n) is 29.1. The molecular formula is C64H111NO3. The highest BCUT2D eigenvalue weighted by atomic mass is 16.3. The lowest BCUT2D eigenvalue weighted by Gasteiger charge is -2.20. The second-order valence-electron chi connectivity index (χ2n) is 19.3. The molecule has 0 fully saturated rings. The van der Waals surface area contributed by atoms with Gasteiger partial charge in [-0.1, -0.05) is 290 Å². The van der Waals surface area contributed by atoms with E-state index >= 15 is 0 Å². The number of hydrogen-bond donors (Lipinski definition) is 3. The molecule has 0 radical (unpaired) electrons. The standard InChI is InChI=1S/C64H111NO3/c1-3-5-7-9-11-13-15-17-19-21-23-25-27-29-31-32-34-36-38-40-42-44-46-48-50-52-54-56-58-60-64(68)65-62(61-66)63(67)59-57-55-53-51-49-47-45-43-41-39-37-35-33-30-28-26-24-22-20-18-16-14-12-10-8-6-4-2/h5,7,11,13,17,19,23,25,29,31,34,36,40,42,46,48,57,59,62-63,66-67H,3-4,6,8-10,12,14-16,18,20-22,24,26-28,30,32-33,35,37-39,41,43-45,47,49-56,58,60-61H2,1-2H3,(H,65,68)/b7-5-,13-11-,19-17-,25-23-,31-29-,36-34-,42-40-,48-46-,59-57+. The van der Waals surface area contributed by atoms with Crippen LogP contribution in [-0.4, -0.2) is 34.9 Å². The Morgan fingerprint density at radius 1 is 0.368 bits per heavy atom. The van der Waals surface area contributed by atoms with Crippen LogP contribution in [0.3, 0.4) is 0 Å². The minimum atomic E-state index is -0.860. The third-order valence-corrected chi connectivity index (χ3v) is 12.8. The van der Waals surface area contributed by atoms with E-state index in [-0.39, 0.29) is 12.5 Å². The minimum absolute atomic E-state index is 0.0904. The molecule has 0 aromatic carbocycles. The third-order valence-electron chi connectivity index (χ3n) is 12.8. The van der Waals surface area contributed by atoms with Crippen molar-refractivity contribution in [3.8, 4) is 0 Å². The van der Waals surface area contributed by atoms with Crippen molar-refractivity contribution in [3.63, 3.8) is 0 Å². The number of nitrogens with one attached hydrogen (secondary N) is 1. The number of rotatable bonds is 52. The van der Waals surface area contributed by atoms with Crippen molar-refractivity contribution in [1.82, 2.24) is 5.32 Å². The molecule has 0 aromatic rings. The molecule has 3 N–H and O–H groups in total. The molecule has 0 saturated carbocycles. The average molecular weight is 943 g/mol. The maximum atomic E-state index is 12.5. The zero-order valence-electron chi connectivity index (χ0n) is 44.8. The van der Waals surface area contributed by atoms with Crippen LogP contribution in [0.1, 0.15) is 271 Å². The van der Waals surface area contributed by atoms with Gasteiger partial charge in [0.1, 0.15) is 0 Å². The van der Waals surface area contributed by atoms with Crippen LogP contribution in [0.5, 0.6) is 0 Å². The SMILES string of the molecule is CC/C=C\C/C=C\C/C=C\C/C=C\C/C=C\C/C=C\C/C=C\C/C=C\CCCCCCC(=O)NC(CO)C(O)/C=C/CCCCCCCCCCCCCCCCCCCCCCCCCCC. The number of aliphatic hydroxyl groups is 2. The number of allylic oxidation sites excluding steroid dienone is 17. The van der Waals surface area contributed by atoms with Gasteiger partial charge in [-0.2, -0.15) is 0 Å². The van der Waals surface area contributed by atoms with Crippen molar-refractivity contribution in [2.45, 2.75) is 283 Å². The molecular weight excluding hydrogens is 831 g/mol. The topological polar surface area (TPSA) is 69.6 Å². The quantitative estimate of drug-likeness (QED) is 0.0420. The first-order chi connectivity index (χ1) is 33.7. The lowest BCUT2D eigenvalue weighted by molar-refractivity contribution is -0.123. The van der Waals surface area contributed by atoms with Crippen molar-refractivity contribution in [2.24, 2.45) is 0 Å². The second kappa shape index (κ2) is 58.4. The Labute approximate surface area is 423 Å². The summed E-state index contributed by atoms with van der Waals surface area (Å²) >= 11 is 0. The van der Waals surface area contributed by atoms with Crippen LogP contribution < -0.4 is 5.32 Å². The van der Waals surface area contributed by atoms with E-state index in [0.29, 0.717) is 6.42 Å². The Bertz CT molecular complexity index is 1300. The van der Waals surface area contributed by atoms with Gasteiger partial charge in [-0.3, -0.25) is 4.79 Å². The number of carbonyl (C=O) groups is 1. The summed E-state index contributed by atoms with van der Waals surface area (Å²) < 4.78 is 0. The maximum Gasteiger partial charge on any atom is 0.220 e. The van der Waals surface area contributed by atoms with Gasteiger partial charge < -0.3 is 15.5 Å². The molecule has 1 amide bonds. The van der Waals surface area contributed by atoms with Gasteiger partial charge in [-0.05, 0) is 83.5 Å². The predicted octanol–water partition coefficient (Wildman–Crippen LogP) is 19.5. The van der Waals surface area contributed by atoms with E-state index in [9.17, 15) is 15.0 Å². The molecule has 390 valence electrons. The molecule has 0 rings (SSSR count). The highest BCUT2D eigenvalue weighted by molar-refractivity contribution is 5.76. The lowest BCUT2D eigenvalue weighted by atomic mass is 10.0. The van der Waals surface area contributed by atoms with Crippen LogP contribution >= 0.6 is 0 Å². The van der Waals surface area contributed by atoms with Gasteiger partial charge in [-0.15, -0.1) is 0 Å². The van der Waals surface area contributed by atoms with Crippen molar-refractivity contribution in [3.05, 3.63) is 109 Å². The van der Waals surface area contributed by atoms with Crippen LogP contribution in [0.4, 0.5) is 0 Å². The highest BCUT2D eigenvalue weighted by Crippen LogP contribution is 2.16. The summed E-state index contributed by atoms with van der Waals surface area (Å²) in [6.45, 7) is 4.20. The Morgan fingerprint density at radius 2 is 0.647 bits per heavy atom. The molecule has 0 spiro atoms. The molecule has 0 saturated heterocycles. The Morgan fingerprint density at radius 3 is 0.971 bits per heavy atom. The van der Waals surface area contributed by atoms with Gasteiger partial charge in [0.05, 0.1) is 18.8 Å². The molecule has 4 heteroatoms. The summed E-state index contributed by atoms with van der Waals surface area (Å²) in [6.07, 6.45) is 88.2. The molecule has 0 aromatic heterocycles. The summed E-state index contributed by atoms with van der Waals surface area (Å²) in [6, 6.07) is -0.646. The van der Waals surface area contributed by atoms with Crippen LogP contribution in [0, 0.1) is 0 Å². The van der Waals surface area contributed by atoms with E-state index in [4.69, 9.17) is 0 Å². The zero-order chi connectivity index (χ0) is 49.2. The minimum Gasteiger partial charge on any atom is -0.394 e. The van der Waals surface area contributed by atoms with Gasteiger partial charge in [0, 0.05) is 6.42 Å². The highest BCUT2D eigenvalue weighted by Gasteiger charge is 2.18. The smallest absolute Gasteiger partial charge is 0.220 e. The van der Waals surface area contributed by atoms with Gasteiger partial charge in [0.2, 0.25) is 5.91 Å². The van der Waals surface area contributed by atoms with E-state index in [2.05, 4.69) is 116 Å². The largest absolute Gasteiger partial charge is 0.394 e. The van der Waals surface area contributed by atoms with Gasteiger partial charge in [0.15, 0.2) is 0 Å². The van der Waals surface area contributed by atoms with Gasteiger partial charge in [-0.25, -0.2) is 0 Å². The molecule has 0 heterocycles. The number of hydrogen-bond acceptors (Lipinski definition) is 3. The van der Waals surface area contributed by atoms with Crippen LogP contribution in [-0.2, 0) is 4.79 Å². The van der Waals surface area contributed by atoms with Crippen molar-refractivity contribution >= 4 is 5.91 Å². The van der Waals surface area contributed by atoms with E-state index in [0.717, 1.165) is 96.3 Å². The molecule has 0 aliphatic heterocycles. The summed E-state index contributed by atoms with van der Waals surface area (Å²) in [5.74, 6) is -0.0904. The summed E-state index contributed by atoms with van der Waals surface area (Å²) in [7, 11) is 0. The Hall–Kier alpha value is -2.95. The van der Waals surface area contributed by atoms with E-state index < -0.39 is 12.1 Å². The van der Waals surface area contributed by atoms with Gasteiger partial charge >= 0.3 is 0 Å². The predicted molar refractivity (Wildman–Crippen MR) is 303 cm³/mol. The van der Waals surface area contributed by atoms with Crippen LogP contribution in [0.25, 0.3) is 0 Å². The number of carbonyl (C=O) groups excluding carboxylic acids is 1. The summed E-state index contributed by atoms with van der Waals surface area (Å²) in [5, 5.41) is 23.2. The summed E-state index contributed by atoms with van der Waals surface area (Å²) in [5.41, 5.74) is 0. The van der Waals surface area contributed by atoms with Crippen molar-refractivity contribution in [2.75, 3.05) is 6.61 Å². The maximum absolute atomic E-state index is 12.5. The molecule has 0 bridgehead atoms. The zero-order valence-corrected chi connectivity index (χ0v) is 44.8. The third kappa shape index (κ3) is 54.0.